The number of hydrogen-bond donors (Lipinski definition) is 5. The van der Waals surface area contributed by atoms with Gasteiger partial charge in [0.25, 0.3) is 0 Å². The van der Waals surface area contributed by atoms with E-state index >= 15 is 0 Å². The van der Waals surface area contributed by atoms with Gasteiger partial charge in [-0.15, -0.1) is 0 Å². The SMILES string of the molecule is C[S@](=O)CCCCCCCCC/C(=N/OS(=O)(=O)O)S[C@@H]1O[C@H](CO)[C@H](O)[C@H](O)[C@H]1O. The summed E-state index contributed by atoms with van der Waals surface area (Å²) in [6, 6.07) is 0. The molecule has 1 rings (SSSR count). The fourth-order valence-electron chi connectivity index (χ4n) is 2.98. The van der Waals surface area contributed by atoms with Crippen LogP contribution in [0.25, 0.3) is 0 Å². The molecule has 0 spiro atoms. The molecule has 11 nitrogen and oxygen atoms in total. The normalized spacial score (nSPS) is 28.5. The lowest BCUT2D eigenvalue weighted by Crippen LogP contribution is -2.57. The Bertz CT molecular complexity index is 673. The molecule has 0 radical (unpaired) electrons. The summed E-state index contributed by atoms with van der Waals surface area (Å²) >= 11 is 0.783. The monoisotopic (exact) mass is 507 g/mol. The van der Waals surface area contributed by atoms with Crippen LogP contribution in [0.3, 0.4) is 0 Å². The first kappa shape index (κ1) is 28.7. The van der Waals surface area contributed by atoms with Crippen LogP contribution in [0.5, 0.6) is 0 Å². The minimum absolute atomic E-state index is 0.104. The van der Waals surface area contributed by atoms with Crippen molar-refractivity contribution in [3.63, 3.8) is 0 Å². The summed E-state index contributed by atoms with van der Waals surface area (Å²) in [5.41, 5.74) is -1.14. The lowest BCUT2D eigenvalue weighted by molar-refractivity contribution is -0.205. The molecule has 184 valence electrons. The third-order valence-corrected chi connectivity index (χ3v) is 6.96. The maximum absolute atomic E-state index is 11.0. The van der Waals surface area contributed by atoms with Gasteiger partial charge in [0.1, 0.15) is 34.9 Å². The van der Waals surface area contributed by atoms with Gasteiger partial charge >= 0.3 is 10.4 Å². The highest BCUT2D eigenvalue weighted by molar-refractivity contribution is 8.14. The predicted octanol–water partition coefficient (Wildman–Crippen LogP) is 0.152. The molecular weight excluding hydrogens is 474 g/mol. The summed E-state index contributed by atoms with van der Waals surface area (Å²) in [4.78, 5) is 0. The summed E-state index contributed by atoms with van der Waals surface area (Å²) in [5, 5.41) is 42.6. The van der Waals surface area contributed by atoms with Crippen molar-refractivity contribution in [2.45, 2.75) is 81.2 Å². The molecule has 1 aliphatic rings. The van der Waals surface area contributed by atoms with Crippen LogP contribution in [0.4, 0.5) is 0 Å². The summed E-state index contributed by atoms with van der Waals surface area (Å²) < 4.78 is 50.9. The molecule has 1 fully saturated rings. The standard InChI is InChI=1S/C17H33NO10S3/c1-30(23)10-8-6-4-2-3-5-7-9-13(18-28-31(24,25)26)29-17-16(22)15(21)14(20)12(11-19)27-17/h12,14-17,19-22H,2-11H2,1H3,(H,24,25,26)/b18-13-/t12-,14+,15+,16-,17+,30+/m1/s1. The largest absolute Gasteiger partial charge is 0.466 e. The maximum atomic E-state index is 11.0. The Hall–Kier alpha value is -0.320. The predicted molar refractivity (Wildman–Crippen MR) is 117 cm³/mol. The molecule has 1 saturated heterocycles. The number of nitrogens with zero attached hydrogens (tertiary/aromatic N) is 1. The molecule has 5 N–H and O–H groups in total. The summed E-state index contributed by atoms with van der Waals surface area (Å²) in [6.07, 6.45) is 2.61. The van der Waals surface area contributed by atoms with E-state index in [4.69, 9.17) is 9.29 Å². The Morgan fingerprint density at radius 1 is 1.03 bits per heavy atom. The number of thioether (sulfide) groups is 1. The van der Waals surface area contributed by atoms with Crippen LogP contribution in [0.2, 0.25) is 0 Å². The number of aliphatic hydroxyl groups excluding tert-OH is 4. The van der Waals surface area contributed by atoms with E-state index in [1.807, 2.05) is 0 Å². The Morgan fingerprint density at radius 2 is 1.61 bits per heavy atom. The minimum Gasteiger partial charge on any atom is -0.394 e. The zero-order chi connectivity index (χ0) is 23.4. The summed E-state index contributed by atoms with van der Waals surface area (Å²) in [6.45, 7) is -0.593. The molecule has 1 aliphatic heterocycles. The molecule has 0 aliphatic carbocycles. The van der Waals surface area contributed by atoms with Crippen LogP contribution in [-0.2, 0) is 30.2 Å². The van der Waals surface area contributed by atoms with Gasteiger partial charge in [-0.25, -0.2) is 4.28 Å². The van der Waals surface area contributed by atoms with Crippen molar-refractivity contribution >= 4 is 38.0 Å². The second-order valence-electron chi connectivity index (χ2n) is 7.30. The molecule has 6 atom stereocenters. The third-order valence-electron chi connectivity index (χ3n) is 4.66. The van der Waals surface area contributed by atoms with E-state index in [-0.39, 0.29) is 11.5 Å². The van der Waals surface area contributed by atoms with Crippen LogP contribution in [0, 0.1) is 0 Å². The molecule has 0 amide bonds. The zero-order valence-electron chi connectivity index (χ0n) is 17.4. The number of unbranched alkanes of at least 4 members (excludes halogenated alkanes) is 6. The first-order valence-corrected chi connectivity index (χ1v) is 14.0. The molecule has 0 aromatic rings. The van der Waals surface area contributed by atoms with Crippen LogP contribution in [0.15, 0.2) is 5.16 Å². The second-order valence-corrected chi connectivity index (χ2v) is 11.0. The van der Waals surface area contributed by atoms with Gasteiger partial charge in [0, 0.05) is 22.8 Å². The molecule has 31 heavy (non-hydrogen) atoms. The fraction of sp³-hybridized carbons (Fsp3) is 0.941. The van der Waals surface area contributed by atoms with Crippen LogP contribution >= 0.6 is 11.8 Å². The van der Waals surface area contributed by atoms with Gasteiger partial charge in [-0.2, -0.15) is 8.42 Å². The second kappa shape index (κ2) is 14.8. The smallest absolute Gasteiger partial charge is 0.394 e. The molecule has 0 unspecified atom stereocenters. The first-order chi connectivity index (χ1) is 14.5. The zero-order valence-corrected chi connectivity index (χ0v) is 19.9. The number of ether oxygens (including phenoxy) is 1. The van der Waals surface area contributed by atoms with Crippen molar-refractivity contribution < 1.29 is 46.6 Å². The van der Waals surface area contributed by atoms with Gasteiger partial charge in [-0.1, -0.05) is 49.0 Å². The number of hydrogen-bond acceptors (Lipinski definition) is 11. The Labute approximate surface area is 189 Å². The minimum atomic E-state index is -4.82. The number of rotatable bonds is 14. The summed E-state index contributed by atoms with van der Waals surface area (Å²) in [7, 11) is -5.58. The highest BCUT2D eigenvalue weighted by atomic mass is 32.3. The Balaban J connectivity index is 2.53. The topological polar surface area (TPSA) is 183 Å². The van der Waals surface area contributed by atoms with Crippen LogP contribution in [-0.4, -0.2) is 91.1 Å². The Morgan fingerprint density at radius 3 is 2.16 bits per heavy atom. The lowest BCUT2D eigenvalue weighted by atomic mass is 10.0. The molecule has 0 aromatic carbocycles. The quantitative estimate of drug-likeness (QED) is 0.0709. The molecule has 14 heteroatoms. The van der Waals surface area contributed by atoms with Gasteiger partial charge in [0.15, 0.2) is 0 Å². The van der Waals surface area contributed by atoms with E-state index in [1.54, 1.807) is 6.26 Å². The van der Waals surface area contributed by atoms with Gasteiger partial charge < -0.3 is 25.2 Å². The molecule has 1 heterocycles. The van der Waals surface area contributed by atoms with E-state index in [0.717, 1.165) is 50.3 Å². The van der Waals surface area contributed by atoms with Crippen molar-refractivity contribution in [2.24, 2.45) is 5.16 Å². The van der Waals surface area contributed by atoms with Gasteiger partial charge in [-0.3, -0.25) is 8.76 Å². The van der Waals surface area contributed by atoms with Crippen molar-refractivity contribution in [3.05, 3.63) is 0 Å². The van der Waals surface area contributed by atoms with E-state index in [9.17, 15) is 33.1 Å². The van der Waals surface area contributed by atoms with E-state index < -0.39 is 57.7 Å². The molecule has 0 aromatic heterocycles. The van der Waals surface area contributed by atoms with Gasteiger partial charge in [-0.05, 0) is 19.3 Å². The van der Waals surface area contributed by atoms with Crippen LogP contribution in [0.1, 0.15) is 51.4 Å². The van der Waals surface area contributed by atoms with Gasteiger partial charge in [0.05, 0.1) is 6.61 Å². The Kier molecular flexibility index (Phi) is 13.7. The third kappa shape index (κ3) is 11.9. The molecule has 0 saturated carbocycles. The highest BCUT2D eigenvalue weighted by Gasteiger charge is 2.44. The van der Waals surface area contributed by atoms with Gasteiger partial charge in [0.2, 0.25) is 0 Å². The average Bonchev–Trinajstić information content (AvgIpc) is 2.69. The molecule has 0 bridgehead atoms. The lowest BCUT2D eigenvalue weighted by Gasteiger charge is -2.39. The maximum Gasteiger partial charge on any atom is 0.466 e. The van der Waals surface area contributed by atoms with E-state index in [1.165, 1.54) is 0 Å². The van der Waals surface area contributed by atoms with E-state index in [0.29, 0.717) is 12.2 Å². The van der Waals surface area contributed by atoms with Crippen LogP contribution < -0.4 is 0 Å². The number of oxime groups is 1. The average molecular weight is 508 g/mol. The van der Waals surface area contributed by atoms with Crippen molar-refractivity contribution in [3.8, 4) is 0 Å². The van der Waals surface area contributed by atoms with E-state index in [2.05, 4.69) is 9.44 Å². The first-order valence-electron chi connectivity index (χ1n) is 10.0. The summed E-state index contributed by atoms with van der Waals surface area (Å²) in [5.74, 6) is 0.711. The van der Waals surface area contributed by atoms with Crippen molar-refractivity contribution in [2.75, 3.05) is 18.6 Å². The molecular formula is C17H33NO10S3. The number of aliphatic hydroxyl groups is 4. The van der Waals surface area contributed by atoms with Crippen molar-refractivity contribution in [1.29, 1.82) is 0 Å². The highest BCUT2D eigenvalue weighted by Crippen LogP contribution is 2.30. The van der Waals surface area contributed by atoms with Crippen molar-refractivity contribution in [1.82, 2.24) is 0 Å². The fourth-order valence-corrected chi connectivity index (χ4v) is 4.93.